The molecular weight excluding hydrogens is 827 g/mol. The molecule has 0 fully saturated rings. The largest absolute Gasteiger partial charge is 0.466 e. The lowest BCUT2D eigenvalue weighted by atomic mass is 10.0. The summed E-state index contributed by atoms with van der Waals surface area (Å²) >= 11 is 0. The number of amides is 1. The number of unbranched alkanes of at least 4 members (excludes halogenated alkanes) is 44. The molecule has 0 saturated heterocycles. The Balaban J connectivity index is 3.35. The minimum absolute atomic E-state index is 0.00645. The van der Waals surface area contributed by atoms with E-state index in [4.69, 9.17) is 4.74 Å². The SMILES string of the molecule is CCCCCCCCC/C=C\CCCCCCCC(=O)OCCCCCCCCCCCCCCCCCCCCCCCCC(=O)NC(CO)C(O)CCCCCCCCCCCCCC. The Bertz CT molecular complexity index is 1000. The maximum atomic E-state index is 12.5. The van der Waals surface area contributed by atoms with E-state index in [1.54, 1.807) is 0 Å². The number of aliphatic hydroxyl groups is 2. The number of hydrogen-bond donors (Lipinski definition) is 3. The second-order valence-corrected chi connectivity index (χ2v) is 21.0. The van der Waals surface area contributed by atoms with Crippen LogP contribution in [0.2, 0.25) is 0 Å². The van der Waals surface area contributed by atoms with Crippen molar-refractivity contribution in [1.82, 2.24) is 5.32 Å². The van der Waals surface area contributed by atoms with Gasteiger partial charge < -0.3 is 20.3 Å². The summed E-state index contributed by atoms with van der Waals surface area (Å²) < 4.78 is 5.49. The molecule has 0 rings (SSSR count). The highest BCUT2D eigenvalue weighted by atomic mass is 16.5. The van der Waals surface area contributed by atoms with E-state index >= 15 is 0 Å². The monoisotopic (exact) mass is 946 g/mol. The van der Waals surface area contributed by atoms with Crippen molar-refractivity contribution in [2.75, 3.05) is 13.2 Å². The van der Waals surface area contributed by atoms with E-state index in [1.807, 2.05) is 0 Å². The van der Waals surface area contributed by atoms with E-state index in [9.17, 15) is 19.8 Å². The summed E-state index contributed by atoms with van der Waals surface area (Å²) in [5.41, 5.74) is 0. The highest BCUT2D eigenvalue weighted by molar-refractivity contribution is 5.76. The van der Waals surface area contributed by atoms with Gasteiger partial charge in [-0.15, -0.1) is 0 Å². The van der Waals surface area contributed by atoms with E-state index < -0.39 is 12.1 Å². The molecule has 0 spiro atoms. The Kier molecular flexibility index (Phi) is 56.0. The first-order valence-corrected chi connectivity index (χ1v) is 30.4. The van der Waals surface area contributed by atoms with Crippen LogP contribution in [-0.2, 0) is 14.3 Å². The van der Waals surface area contributed by atoms with E-state index in [2.05, 4.69) is 31.3 Å². The number of ether oxygens (including phenoxy) is 1. The van der Waals surface area contributed by atoms with Crippen LogP contribution < -0.4 is 5.32 Å². The van der Waals surface area contributed by atoms with E-state index in [-0.39, 0.29) is 18.5 Å². The number of carbonyl (C=O) groups excluding carboxylic acids is 2. The van der Waals surface area contributed by atoms with Crippen LogP contribution in [0, 0.1) is 0 Å². The average molecular weight is 947 g/mol. The first kappa shape index (κ1) is 65.6. The van der Waals surface area contributed by atoms with Crippen molar-refractivity contribution in [3.8, 4) is 0 Å². The van der Waals surface area contributed by atoms with Crippen molar-refractivity contribution < 1.29 is 24.5 Å². The summed E-state index contributed by atoms with van der Waals surface area (Å²) in [6, 6.07) is -0.540. The molecule has 0 aliphatic heterocycles. The van der Waals surface area contributed by atoms with Gasteiger partial charge in [-0.25, -0.2) is 0 Å². The maximum Gasteiger partial charge on any atom is 0.305 e. The molecule has 3 N–H and O–H groups in total. The first-order chi connectivity index (χ1) is 33.0. The summed E-state index contributed by atoms with van der Waals surface area (Å²) in [6.07, 6.45) is 67.9. The second kappa shape index (κ2) is 57.2. The van der Waals surface area contributed by atoms with Crippen LogP contribution in [0.4, 0.5) is 0 Å². The third-order valence-corrected chi connectivity index (χ3v) is 14.3. The molecule has 0 aliphatic carbocycles. The van der Waals surface area contributed by atoms with E-state index in [0.717, 1.165) is 44.9 Å². The molecule has 6 nitrogen and oxygen atoms in total. The van der Waals surface area contributed by atoms with Gasteiger partial charge in [0.05, 0.1) is 25.4 Å². The molecule has 6 heteroatoms. The van der Waals surface area contributed by atoms with Gasteiger partial charge in [-0.05, 0) is 51.4 Å². The lowest BCUT2D eigenvalue weighted by Gasteiger charge is -2.22. The normalized spacial score (nSPS) is 12.6. The van der Waals surface area contributed by atoms with Gasteiger partial charge in [0.1, 0.15) is 0 Å². The summed E-state index contributed by atoms with van der Waals surface area (Å²) in [7, 11) is 0. The standard InChI is InChI=1S/C61H119NO5/c1-3-5-7-9-11-13-15-17-18-28-31-35-39-43-47-51-55-61(66)67-56-52-48-44-40-36-32-29-26-24-22-20-19-21-23-25-27-30-34-38-42-46-50-54-60(65)62-58(57-63)59(64)53-49-45-41-37-33-16-14-12-10-8-6-4-2/h18,28,58-59,63-64H,3-17,19-27,29-57H2,1-2H3,(H,62,65)/b28-18-. The number of esters is 1. The molecule has 2 unspecified atom stereocenters. The minimum Gasteiger partial charge on any atom is -0.466 e. The van der Waals surface area contributed by atoms with Gasteiger partial charge >= 0.3 is 5.97 Å². The van der Waals surface area contributed by atoms with Crippen LogP contribution in [0.25, 0.3) is 0 Å². The molecular formula is C61H119NO5. The van der Waals surface area contributed by atoms with Crippen LogP contribution in [0.5, 0.6) is 0 Å². The quantitative estimate of drug-likeness (QED) is 0.0321. The third kappa shape index (κ3) is 53.8. The van der Waals surface area contributed by atoms with Gasteiger partial charge in [0.2, 0.25) is 5.91 Å². The second-order valence-electron chi connectivity index (χ2n) is 21.0. The molecule has 0 aliphatic rings. The summed E-state index contributed by atoms with van der Waals surface area (Å²) in [5, 5.41) is 23.2. The van der Waals surface area contributed by atoms with Crippen molar-refractivity contribution in [3.63, 3.8) is 0 Å². The molecule has 0 saturated carbocycles. The fraction of sp³-hybridized carbons (Fsp3) is 0.934. The van der Waals surface area contributed by atoms with Gasteiger partial charge in [-0.2, -0.15) is 0 Å². The number of aliphatic hydroxyl groups excluding tert-OH is 2. The summed E-state index contributed by atoms with van der Waals surface area (Å²) in [5.74, 6) is -0.0278. The zero-order valence-electron chi connectivity index (χ0n) is 45.4. The number of allylic oxidation sites excluding steroid dienone is 2. The first-order valence-electron chi connectivity index (χ1n) is 30.4. The topological polar surface area (TPSA) is 95.9 Å². The van der Waals surface area contributed by atoms with Crippen molar-refractivity contribution in [1.29, 1.82) is 0 Å². The zero-order valence-corrected chi connectivity index (χ0v) is 45.4. The summed E-state index contributed by atoms with van der Waals surface area (Å²) in [4.78, 5) is 24.5. The highest BCUT2D eigenvalue weighted by Gasteiger charge is 2.20. The predicted molar refractivity (Wildman–Crippen MR) is 292 cm³/mol. The Morgan fingerprint density at radius 2 is 0.701 bits per heavy atom. The molecule has 0 radical (unpaired) electrons. The molecule has 398 valence electrons. The van der Waals surface area contributed by atoms with Crippen LogP contribution >= 0.6 is 0 Å². The molecule has 0 bridgehead atoms. The molecule has 0 heterocycles. The van der Waals surface area contributed by atoms with Crippen molar-refractivity contribution in [2.24, 2.45) is 0 Å². The average Bonchev–Trinajstić information content (AvgIpc) is 3.33. The van der Waals surface area contributed by atoms with E-state index in [1.165, 1.54) is 263 Å². The van der Waals surface area contributed by atoms with Gasteiger partial charge in [0.25, 0.3) is 0 Å². The van der Waals surface area contributed by atoms with Gasteiger partial charge in [-0.3, -0.25) is 9.59 Å². The molecule has 1 amide bonds. The van der Waals surface area contributed by atoms with Crippen LogP contribution in [0.1, 0.15) is 341 Å². The third-order valence-electron chi connectivity index (χ3n) is 14.3. The zero-order chi connectivity index (χ0) is 48.6. The Hall–Kier alpha value is -1.40. The predicted octanol–water partition coefficient (Wildman–Crippen LogP) is 18.9. The number of carbonyl (C=O) groups is 2. The van der Waals surface area contributed by atoms with Crippen LogP contribution in [0.3, 0.4) is 0 Å². The number of nitrogens with one attached hydrogen (secondary N) is 1. The fourth-order valence-corrected chi connectivity index (χ4v) is 9.64. The van der Waals surface area contributed by atoms with Crippen molar-refractivity contribution in [3.05, 3.63) is 12.2 Å². The molecule has 67 heavy (non-hydrogen) atoms. The fourth-order valence-electron chi connectivity index (χ4n) is 9.64. The summed E-state index contributed by atoms with van der Waals surface area (Å²) in [6.45, 7) is 4.96. The Morgan fingerprint density at radius 1 is 0.403 bits per heavy atom. The van der Waals surface area contributed by atoms with Crippen LogP contribution in [0.15, 0.2) is 12.2 Å². The maximum absolute atomic E-state index is 12.5. The van der Waals surface area contributed by atoms with Crippen LogP contribution in [-0.4, -0.2) is 47.4 Å². The minimum atomic E-state index is -0.662. The lowest BCUT2D eigenvalue weighted by Crippen LogP contribution is -2.45. The lowest BCUT2D eigenvalue weighted by molar-refractivity contribution is -0.143. The highest BCUT2D eigenvalue weighted by Crippen LogP contribution is 2.18. The van der Waals surface area contributed by atoms with Crippen molar-refractivity contribution in [2.45, 2.75) is 353 Å². The van der Waals surface area contributed by atoms with Crippen molar-refractivity contribution >= 4 is 11.9 Å². The smallest absolute Gasteiger partial charge is 0.305 e. The van der Waals surface area contributed by atoms with Gasteiger partial charge in [0.15, 0.2) is 0 Å². The number of rotatable bonds is 57. The number of hydrogen-bond acceptors (Lipinski definition) is 5. The Labute approximate surface area is 419 Å². The molecule has 0 aromatic heterocycles. The molecule has 2 atom stereocenters. The molecule has 0 aromatic rings. The van der Waals surface area contributed by atoms with Gasteiger partial charge in [0, 0.05) is 12.8 Å². The molecule has 0 aromatic carbocycles. The Morgan fingerprint density at radius 3 is 1.06 bits per heavy atom. The van der Waals surface area contributed by atoms with E-state index in [0.29, 0.717) is 25.9 Å². The van der Waals surface area contributed by atoms with Gasteiger partial charge in [-0.1, -0.05) is 289 Å².